The van der Waals surface area contributed by atoms with Gasteiger partial charge < -0.3 is 15.4 Å². The van der Waals surface area contributed by atoms with Crippen LogP contribution in [0, 0.1) is 0 Å². The number of hydrogen-bond donors (Lipinski definition) is 2. The van der Waals surface area contributed by atoms with Gasteiger partial charge in [0, 0.05) is 18.7 Å². The maximum Gasteiger partial charge on any atom is 0.349 e. The lowest BCUT2D eigenvalue weighted by Crippen LogP contribution is -2.43. The third-order valence-corrected chi connectivity index (χ3v) is 6.12. The summed E-state index contributed by atoms with van der Waals surface area (Å²) in [6.45, 7) is 3.72. The Morgan fingerprint density at radius 1 is 1.12 bits per heavy atom. The zero-order chi connectivity index (χ0) is 24.7. The summed E-state index contributed by atoms with van der Waals surface area (Å²) in [4.78, 5) is 54.4. The molecular weight excluding hydrogens is 456 g/mol. The van der Waals surface area contributed by atoms with Crippen molar-refractivity contribution in [1.29, 1.82) is 0 Å². The number of aromatic amines is 1. The number of hydrogen-bond acceptors (Lipinski definition) is 7. The second kappa shape index (κ2) is 11.5. The smallest absolute Gasteiger partial charge is 0.349 e. The number of nitrogens with zero attached hydrogens (tertiary/aromatic N) is 2. The Morgan fingerprint density at radius 3 is 2.53 bits per heavy atom. The summed E-state index contributed by atoms with van der Waals surface area (Å²) in [5.74, 6) is -1.31. The van der Waals surface area contributed by atoms with Crippen LogP contribution in [0.5, 0.6) is 0 Å². The first kappa shape index (κ1) is 25.0. The highest BCUT2D eigenvalue weighted by Crippen LogP contribution is 2.29. The second-order valence-electron chi connectivity index (χ2n) is 7.65. The number of rotatable bonds is 10. The molecule has 0 spiro atoms. The number of nitrogens with one attached hydrogen (secondary N) is 1. The number of amides is 1. The van der Waals surface area contributed by atoms with Crippen molar-refractivity contribution in [2.45, 2.75) is 39.7 Å². The summed E-state index contributed by atoms with van der Waals surface area (Å²) >= 11 is 1.22. The van der Waals surface area contributed by atoms with Crippen molar-refractivity contribution in [2.75, 3.05) is 23.8 Å². The molecule has 180 valence electrons. The molecular formula is C24H28N4O5S. The van der Waals surface area contributed by atoms with Gasteiger partial charge in [-0.05, 0) is 29.9 Å². The van der Waals surface area contributed by atoms with E-state index in [9.17, 15) is 19.2 Å². The van der Waals surface area contributed by atoms with Gasteiger partial charge in [0.15, 0.2) is 12.3 Å². The van der Waals surface area contributed by atoms with E-state index in [4.69, 9.17) is 10.5 Å². The van der Waals surface area contributed by atoms with Crippen LogP contribution < -0.4 is 21.9 Å². The highest BCUT2D eigenvalue weighted by molar-refractivity contribution is 7.12. The summed E-state index contributed by atoms with van der Waals surface area (Å²) in [7, 11) is 0. The van der Waals surface area contributed by atoms with E-state index in [-0.39, 0.29) is 18.1 Å². The molecule has 10 heteroatoms. The number of anilines is 2. The number of carbonyl (C=O) groups excluding carboxylic acids is 2. The molecule has 3 rings (SSSR count). The number of thiophene rings is 1. The normalized spacial score (nSPS) is 10.8. The zero-order valence-electron chi connectivity index (χ0n) is 19.2. The van der Waals surface area contributed by atoms with Gasteiger partial charge in [0.05, 0.1) is 0 Å². The molecule has 0 aliphatic rings. The standard InChI is InChI=1S/C24H28N4O5S/c1-3-5-13-27(19-21(25)28(12-4-2)24(32)26-22(19)30)18(29)15-33-23(31)20-17(11-14-34-20)16-9-7-6-8-10-16/h6-11,14H,3-5,12-13,15,25H2,1-2H3,(H,26,30,32). The molecule has 3 N–H and O–H groups in total. The van der Waals surface area contributed by atoms with Crippen molar-refractivity contribution in [2.24, 2.45) is 0 Å². The number of ether oxygens (including phenoxy) is 1. The van der Waals surface area contributed by atoms with Crippen LogP contribution in [-0.2, 0) is 16.1 Å². The van der Waals surface area contributed by atoms with Crippen molar-refractivity contribution < 1.29 is 14.3 Å². The Balaban J connectivity index is 1.84. The predicted molar refractivity (Wildman–Crippen MR) is 133 cm³/mol. The molecule has 0 bridgehead atoms. The van der Waals surface area contributed by atoms with E-state index in [0.29, 0.717) is 24.3 Å². The topological polar surface area (TPSA) is 127 Å². The Kier molecular flexibility index (Phi) is 8.42. The van der Waals surface area contributed by atoms with E-state index in [1.165, 1.54) is 20.8 Å². The van der Waals surface area contributed by atoms with Gasteiger partial charge in [-0.3, -0.25) is 19.1 Å². The highest BCUT2D eigenvalue weighted by Gasteiger charge is 2.25. The van der Waals surface area contributed by atoms with Crippen molar-refractivity contribution >= 4 is 34.7 Å². The van der Waals surface area contributed by atoms with Gasteiger partial charge in [-0.2, -0.15) is 0 Å². The number of esters is 1. The minimum atomic E-state index is -0.754. The third kappa shape index (κ3) is 5.45. The molecule has 0 unspecified atom stereocenters. The summed E-state index contributed by atoms with van der Waals surface area (Å²) in [5.41, 5.74) is 6.23. The number of unbranched alkanes of at least 4 members (excludes halogenated alkanes) is 1. The van der Waals surface area contributed by atoms with Crippen LogP contribution in [0.2, 0.25) is 0 Å². The fourth-order valence-corrected chi connectivity index (χ4v) is 4.35. The third-order valence-electron chi connectivity index (χ3n) is 5.23. The maximum absolute atomic E-state index is 13.1. The second-order valence-corrected chi connectivity index (χ2v) is 8.57. The van der Waals surface area contributed by atoms with Gasteiger partial charge >= 0.3 is 11.7 Å². The van der Waals surface area contributed by atoms with Gasteiger partial charge in [0.25, 0.3) is 11.5 Å². The number of carbonyl (C=O) groups is 2. The predicted octanol–water partition coefficient (Wildman–Crippen LogP) is 3.25. The lowest BCUT2D eigenvalue weighted by molar-refractivity contribution is -0.121. The van der Waals surface area contributed by atoms with Crippen molar-refractivity contribution in [3.63, 3.8) is 0 Å². The maximum atomic E-state index is 13.1. The van der Waals surface area contributed by atoms with Gasteiger partial charge in [-0.1, -0.05) is 50.6 Å². The van der Waals surface area contributed by atoms with Crippen LogP contribution >= 0.6 is 11.3 Å². The minimum Gasteiger partial charge on any atom is -0.451 e. The number of nitrogens with two attached hydrogens (primary N) is 1. The van der Waals surface area contributed by atoms with E-state index in [1.54, 1.807) is 5.38 Å². The molecule has 0 aliphatic carbocycles. The number of H-pyrrole nitrogens is 1. The fraction of sp³-hybridized carbons (Fsp3) is 0.333. The molecule has 3 aromatic rings. The van der Waals surface area contributed by atoms with Gasteiger partial charge in [0.2, 0.25) is 0 Å². The molecule has 9 nitrogen and oxygen atoms in total. The number of nitrogen functional groups attached to an aromatic ring is 1. The van der Waals surface area contributed by atoms with Gasteiger partial charge in [-0.25, -0.2) is 9.59 Å². The average Bonchev–Trinajstić information content (AvgIpc) is 3.32. The Morgan fingerprint density at radius 2 is 1.85 bits per heavy atom. The highest BCUT2D eigenvalue weighted by atomic mass is 32.1. The summed E-state index contributed by atoms with van der Waals surface area (Å²) in [6.07, 6.45) is 1.96. The van der Waals surface area contributed by atoms with Crippen molar-refractivity contribution in [3.05, 3.63) is 67.5 Å². The molecule has 0 aliphatic heterocycles. The van der Waals surface area contributed by atoms with Crippen LogP contribution in [0.3, 0.4) is 0 Å². The van der Waals surface area contributed by atoms with Gasteiger partial charge in [0.1, 0.15) is 10.7 Å². The van der Waals surface area contributed by atoms with E-state index in [0.717, 1.165) is 17.5 Å². The van der Waals surface area contributed by atoms with E-state index >= 15 is 0 Å². The van der Waals surface area contributed by atoms with E-state index in [1.807, 2.05) is 50.2 Å². The lowest BCUT2D eigenvalue weighted by Gasteiger charge is -2.24. The van der Waals surface area contributed by atoms with Gasteiger partial charge in [-0.15, -0.1) is 11.3 Å². The first-order valence-electron chi connectivity index (χ1n) is 11.1. The summed E-state index contributed by atoms with van der Waals surface area (Å²) in [5, 5.41) is 1.78. The molecule has 0 atom stereocenters. The van der Waals surface area contributed by atoms with E-state index in [2.05, 4.69) is 4.98 Å². The zero-order valence-corrected chi connectivity index (χ0v) is 20.0. The first-order valence-corrected chi connectivity index (χ1v) is 12.0. The summed E-state index contributed by atoms with van der Waals surface area (Å²) < 4.78 is 6.56. The first-order chi connectivity index (χ1) is 16.4. The molecule has 0 fully saturated rings. The van der Waals surface area contributed by atoms with Crippen LogP contribution in [0.25, 0.3) is 11.1 Å². The molecule has 1 aromatic carbocycles. The van der Waals surface area contributed by atoms with E-state index < -0.39 is 29.7 Å². The largest absolute Gasteiger partial charge is 0.451 e. The Bertz CT molecular complexity index is 1260. The molecule has 2 aromatic heterocycles. The SMILES string of the molecule is CCCCN(C(=O)COC(=O)c1sccc1-c1ccccc1)c1c(N)n(CCC)c(=O)[nH]c1=O. The molecule has 0 saturated carbocycles. The fourth-order valence-electron chi connectivity index (χ4n) is 3.54. The molecule has 2 heterocycles. The molecule has 34 heavy (non-hydrogen) atoms. The van der Waals surface area contributed by atoms with Crippen molar-refractivity contribution in [3.8, 4) is 11.1 Å². The number of aromatic nitrogens is 2. The number of benzene rings is 1. The minimum absolute atomic E-state index is 0.0870. The quantitative estimate of drug-likeness (QED) is 0.425. The Labute approximate surface area is 200 Å². The summed E-state index contributed by atoms with van der Waals surface area (Å²) in [6, 6.07) is 11.2. The van der Waals surface area contributed by atoms with Crippen LogP contribution in [0.4, 0.5) is 11.5 Å². The van der Waals surface area contributed by atoms with Crippen LogP contribution in [0.1, 0.15) is 42.8 Å². The van der Waals surface area contributed by atoms with Crippen LogP contribution in [0.15, 0.2) is 51.4 Å². The Hall–Kier alpha value is -3.66. The monoisotopic (exact) mass is 484 g/mol. The van der Waals surface area contributed by atoms with Crippen molar-refractivity contribution in [1.82, 2.24) is 9.55 Å². The lowest BCUT2D eigenvalue weighted by atomic mass is 10.1. The molecule has 0 radical (unpaired) electrons. The van der Waals surface area contributed by atoms with Crippen LogP contribution in [-0.4, -0.2) is 34.6 Å². The average molecular weight is 485 g/mol. The molecule has 0 saturated heterocycles. The molecule has 1 amide bonds.